The largest absolute Gasteiger partial charge is 0.366 e. The van der Waals surface area contributed by atoms with Crippen LogP contribution in [0.2, 0.25) is 0 Å². The molecule has 2 aromatic heterocycles. The fraction of sp³-hybridized carbons (Fsp3) is 0.238. The zero-order valence-corrected chi connectivity index (χ0v) is 15.0. The average molecular weight is 349 g/mol. The van der Waals surface area contributed by atoms with Crippen LogP contribution in [0.1, 0.15) is 50.4 Å². The number of allylic oxidation sites excluding steroid dienone is 1. The molecule has 1 aliphatic rings. The van der Waals surface area contributed by atoms with E-state index in [2.05, 4.69) is 22.1 Å². The van der Waals surface area contributed by atoms with Crippen LogP contribution < -0.4 is 5.73 Å². The summed E-state index contributed by atoms with van der Waals surface area (Å²) in [6.45, 7) is 5.80. The lowest BCUT2D eigenvalue weighted by molar-refractivity contribution is 0.100. The highest BCUT2D eigenvalue weighted by molar-refractivity contribution is 6.10. The van der Waals surface area contributed by atoms with E-state index in [1.807, 2.05) is 27.0 Å². The Morgan fingerprint density at radius 1 is 1.27 bits per heavy atom. The van der Waals surface area contributed by atoms with Crippen molar-refractivity contribution in [3.05, 3.63) is 69.4 Å². The molecule has 4 rings (SSSR count). The van der Waals surface area contributed by atoms with Gasteiger partial charge in [0.25, 0.3) is 5.91 Å². The van der Waals surface area contributed by atoms with Gasteiger partial charge in [-0.25, -0.2) is 4.39 Å². The first kappa shape index (κ1) is 16.5. The Balaban J connectivity index is 2.08. The molecule has 3 N–H and O–H groups in total. The van der Waals surface area contributed by atoms with E-state index in [4.69, 9.17) is 5.73 Å². The molecule has 3 aromatic rings. The second-order valence-corrected chi connectivity index (χ2v) is 6.91. The van der Waals surface area contributed by atoms with Gasteiger partial charge in [-0.05, 0) is 62.4 Å². The van der Waals surface area contributed by atoms with Crippen LogP contribution in [0.25, 0.3) is 16.5 Å². The molecule has 0 radical (unpaired) electrons. The number of aromatic amines is 1. The van der Waals surface area contributed by atoms with Crippen LogP contribution >= 0.6 is 0 Å². The quantitative estimate of drug-likeness (QED) is 0.731. The van der Waals surface area contributed by atoms with Gasteiger partial charge < -0.3 is 10.7 Å². The number of halogens is 1. The number of pyridine rings is 1. The molecule has 0 atom stereocenters. The van der Waals surface area contributed by atoms with Crippen molar-refractivity contribution in [2.45, 2.75) is 33.6 Å². The molecule has 0 fully saturated rings. The minimum Gasteiger partial charge on any atom is -0.366 e. The van der Waals surface area contributed by atoms with Crippen LogP contribution in [0, 0.1) is 26.6 Å². The van der Waals surface area contributed by atoms with E-state index in [1.165, 1.54) is 11.6 Å². The lowest BCUT2D eigenvalue weighted by Gasteiger charge is -2.20. The van der Waals surface area contributed by atoms with Crippen molar-refractivity contribution in [1.29, 1.82) is 0 Å². The number of carbonyl (C=O) groups excluding carboxylic acids is 1. The van der Waals surface area contributed by atoms with Gasteiger partial charge in [0, 0.05) is 34.1 Å². The first-order valence-corrected chi connectivity index (χ1v) is 8.66. The van der Waals surface area contributed by atoms with Crippen molar-refractivity contribution >= 4 is 22.4 Å². The normalized spacial score (nSPS) is 13.6. The number of carbonyl (C=O) groups is 1. The Morgan fingerprint density at radius 2 is 2.04 bits per heavy atom. The van der Waals surface area contributed by atoms with E-state index in [0.717, 1.165) is 46.3 Å². The van der Waals surface area contributed by atoms with E-state index in [1.54, 1.807) is 0 Å². The summed E-state index contributed by atoms with van der Waals surface area (Å²) in [4.78, 5) is 19.4. The van der Waals surface area contributed by atoms with Crippen LogP contribution in [-0.4, -0.2) is 15.9 Å². The molecule has 0 spiro atoms. The summed E-state index contributed by atoms with van der Waals surface area (Å²) in [5.74, 6) is -1.08. The van der Waals surface area contributed by atoms with E-state index in [-0.39, 0.29) is 5.56 Å². The zero-order valence-electron chi connectivity index (χ0n) is 15.0. The molecule has 132 valence electrons. The van der Waals surface area contributed by atoms with Crippen LogP contribution in [0.5, 0.6) is 0 Å². The Kier molecular flexibility index (Phi) is 3.68. The lowest BCUT2D eigenvalue weighted by atomic mass is 9.85. The van der Waals surface area contributed by atoms with Gasteiger partial charge >= 0.3 is 0 Å². The SMILES string of the molecule is Cc1cc2c(cn1)C(c1c(F)cc(C(N)=O)c3[nH]c(C)c(C)c13)=CCC2. The third-order valence-electron chi connectivity index (χ3n) is 5.24. The Bertz CT molecular complexity index is 1110. The minimum atomic E-state index is -0.642. The second kappa shape index (κ2) is 5.80. The van der Waals surface area contributed by atoms with Crippen molar-refractivity contribution in [3.8, 4) is 0 Å². The van der Waals surface area contributed by atoms with Crippen molar-refractivity contribution in [2.75, 3.05) is 0 Å². The number of amides is 1. The van der Waals surface area contributed by atoms with Gasteiger partial charge in [0.05, 0.1) is 11.1 Å². The Labute approximate surface area is 150 Å². The number of primary amides is 1. The van der Waals surface area contributed by atoms with E-state index >= 15 is 4.39 Å². The van der Waals surface area contributed by atoms with Crippen molar-refractivity contribution in [2.24, 2.45) is 5.73 Å². The van der Waals surface area contributed by atoms with Gasteiger partial charge in [-0.1, -0.05) is 6.08 Å². The molecule has 0 saturated heterocycles. The summed E-state index contributed by atoms with van der Waals surface area (Å²) in [6, 6.07) is 3.30. The van der Waals surface area contributed by atoms with Crippen molar-refractivity contribution in [3.63, 3.8) is 0 Å². The molecule has 0 saturated carbocycles. The molecule has 1 aliphatic carbocycles. The van der Waals surface area contributed by atoms with Gasteiger partial charge in [-0.15, -0.1) is 0 Å². The van der Waals surface area contributed by atoms with Gasteiger partial charge in [0.2, 0.25) is 0 Å². The molecule has 4 nitrogen and oxygen atoms in total. The average Bonchev–Trinajstić information content (AvgIpc) is 2.89. The summed E-state index contributed by atoms with van der Waals surface area (Å²) in [5, 5.41) is 0.718. The maximum Gasteiger partial charge on any atom is 0.250 e. The molecule has 2 heterocycles. The number of nitrogens with two attached hydrogens (primary N) is 1. The number of rotatable bonds is 2. The topological polar surface area (TPSA) is 71.8 Å². The summed E-state index contributed by atoms with van der Waals surface area (Å²) in [5.41, 5.74) is 12.5. The molecule has 1 aromatic carbocycles. The standard InChI is InChI=1S/C21H20FN3O/c1-10-7-13-5-4-6-14(16(13)9-24-10)19-17(22)8-15(21(23)26)20-18(19)11(2)12(3)25-20/h6-9,25H,4-5H2,1-3H3,(H2,23,26). The Hall–Kier alpha value is -2.95. The highest BCUT2D eigenvalue weighted by Gasteiger charge is 2.25. The van der Waals surface area contributed by atoms with Gasteiger partial charge in [-0.2, -0.15) is 0 Å². The van der Waals surface area contributed by atoms with Crippen LogP contribution in [0.15, 0.2) is 24.4 Å². The predicted octanol–water partition coefficient (Wildman–Crippen LogP) is 4.10. The number of fused-ring (bicyclic) bond motifs is 2. The van der Waals surface area contributed by atoms with Crippen LogP contribution in [0.3, 0.4) is 0 Å². The maximum absolute atomic E-state index is 15.2. The summed E-state index contributed by atoms with van der Waals surface area (Å²) < 4.78 is 15.2. The monoisotopic (exact) mass is 349 g/mol. The number of nitrogens with one attached hydrogen (secondary N) is 1. The smallest absolute Gasteiger partial charge is 0.250 e. The highest BCUT2D eigenvalue weighted by Crippen LogP contribution is 2.39. The van der Waals surface area contributed by atoms with Crippen molar-refractivity contribution < 1.29 is 9.18 Å². The maximum atomic E-state index is 15.2. The van der Waals surface area contributed by atoms with E-state index in [0.29, 0.717) is 11.1 Å². The molecule has 26 heavy (non-hydrogen) atoms. The number of benzene rings is 1. The van der Waals surface area contributed by atoms with E-state index < -0.39 is 11.7 Å². The third-order valence-corrected chi connectivity index (χ3v) is 5.24. The molecular weight excluding hydrogens is 329 g/mol. The van der Waals surface area contributed by atoms with Gasteiger partial charge in [-0.3, -0.25) is 9.78 Å². The third kappa shape index (κ3) is 2.35. The second-order valence-electron chi connectivity index (χ2n) is 6.91. The first-order chi connectivity index (χ1) is 12.4. The van der Waals surface area contributed by atoms with E-state index in [9.17, 15) is 4.79 Å². The number of aromatic nitrogens is 2. The van der Waals surface area contributed by atoms with Crippen LogP contribution in [-0.2, 0) is 6.42 Å². The highest BCUT2D eigenvalue weighted by atomic mass is 19.1. The summed E-state index contributed by atoms with van der Waals surface area (Å²) in [6.07, 6.45) is 5.63. The lowest BCUT2D eigenvalue weighted by Crippen LogP contribution is -2.13. The molecule has 5 heteroatoms. The fourth-order valence-corrected chi connectivity index (χ4v) is 3.87. The molecular formula is C21H20FN3O. The van der Waals surface area contributed by atoms with Crippen LogP contribution in [0.4, 0.5) is 4.39 Å². The summed E-state index contributed by atoms with van der Waals surface area (Å²) in [7, 11) is 0. The van der Waals surface area contributed by atoms with Gasteiger partial charge in [0.1, 0.15) is 5.82 Å². The zero-order chi connectivity index (χ0) is 18.6. The number of hydrogen-bond donors (Lipinski definition) is 2. The number of H-pyrrole nitrogens is 1. The molecule has 1 amide bonds. The van der Waals surface area contributed by atoms with Crippen molar-refractivity contribution in [1.82, 2.24) is 9.97 Å². The number of nitrogens with zero attached hydrogens (tertiary/aromatic N) is 1. The minimum absolute atomic E-state index is 0.177. The predicted molar refractivity (Wildman–Crippen MR) is 101 cm³/mol. The molecule has 0 bridgehead atoms. The fourth-order valence-electron chi connectivity index (χ4n) is 3.87. The number of hydrogen-bond acceptors (Lipinski definition) is 2. The summed E-state index contributed by atoms with van der Waals surface area (Å²) >= 11 is 0. The Morgan fingerprint density at radius 3 is 2.77 bits per heavy atom. The number of aryl methyl sites for hydroxylation is 4. The first-order valence-electron chi connectivity index (χ1n) is 8.66. The molecule has 0 unspecified atom stereocenters. The van der Waals surface area contributed by atoms with Gasteiger partial charge in [0.15, 0.2) is 0 Å². The molecule has 0 aliphatic heterocycles.